The number of thiazole rings is 1. The molecule has 0 spiro atoms. The van der Waals surface area contributed by atoms with Crippen LogP contribution in [0.5, 0.6) is 0 Å². The molecule has 0 N–H and O–H groups in total. The third-order valence-electron chi connectivity index (χ3n) is 4.11. The van der Waals surface area contributed by atoms with Gasteiger partial charge in [0.05, 0.1) is 28.1 Å². The molecular weight excluding hydrogens is 412 g/mol. The molecule has 1 amide bonds. The minimum atomic E-state index is -3.29. The zero-order chi connectivity index (χ0) is 21.0. The number of carbonyl (C=O) groups is 2. The second-order valence-corrected chi connectivity index (χ2v) is 9.37. The lowest BCUT2D eigenvalue weighted by Gasteiger charge is -2.05. The molecule has 3 aromatic rings. The molecular formula is C20H20N2O5S2. The summed E-state index contributed by atoms with van der Waals surface area (Å²) in [6, 6.07) is 13.6. The molecule has 7 nitrogen and oxygen atoms in total. The van der Waals surface area contributed by atoms with Crippen molar-refractivity contribution in [3.8, 4) is 0 Å². The van der Waals surface area contributed by atoms with Crippen LogP contribution >= 0.6 is 11.3 Å². The number of carbonyl (C=O) groups excluding carboxylic acids is 2. The number of esters is 1. The van der Waals surface area contributed by atoms with Gasteiger partial charge >= 0.3 is 5.97 Å². The number of amides is 1. The number of aromatic nitrogens is 1. The second-order valence-electron chi connectivity index (χ2n) is 6.34. The molecule has 1 heterocycles. The molecule has 0 saturated carbocycles. The Morgan fingerprint density at radius 1 is 1.10 bits per heavy atom. The largest absolute Gasteiger partial charge is 0.465 e. The topological polar surface area (TPSA) is 94.8 Å². The molecule has 0 aliphatic rings. The third-order valence-corrected chi connectivity index (χ3v) is 6.30. The van der Waals surface area contributed by atoms with Gasteiger partial charge < -0.3 is 9.30 Å². The summed E-state index contributed by atoms with van der Waals surface area (Å²) in [7, 11) is -3.29. The highest BCUT2D eigenvalue weighted by atomic mass is 32.2. The van der Waals surface area contributed by atoms with Crippen LogP contribution < -0.4 is 4.80 Å². The maximum atomic E-state index is 12.5. The Hall–Kier alpha value is -2.78. The number of fused-ring (bicyclic) bond motifs is 1. The van der Waals surface area contributed by atoms with Crippen molar-refractivity contribution >= 4 is 43.3 Å². The maximum absolute atomic E-state index is 12.5. The number of sulfone groups is 1. The third kappa shape index (κ3) is 5.18. The lowest BCUT2D eigenvalue weighted by atomic mass is 10.1. The first-order chi connectivity index (χ1) is 13.8. The fourth-order valence-corrected chi connectivity index (χ4v) is 4.45. The van der Waals surface area contributed by atoms with Gasteiger partial charge in [-0.15, -0.1) is 0 Å². The molecule has 152 valence electrons. The number of rotatable bonds is 6. The molecule has 0 aliphatic heterocycles. The Kier molecular flexibility index (Phi) is 6.29. The van der Waals surface area contributed by atoms with E-state index in [1.165, 1.54) is 23.5 Å². The van der Waals surface area contributed by atoms with Gasteiger partial charge in [0.1, 0.15) is 6.54 Å². The van der Waals surface area contributed by atoms with E-state index in [0.717, 1.165) is 16.5 Å². The van der Waals surface area contributed by atoms with Gasteiger partial charge in [-0.2, -0.15) is 4.99 Å². The van der Waals surface area contributed by atoms with E-state index in [9.17, 15) is 18.0 Å². The summed E-state index contributed by atoms with van der Waals surface area (Å²) in [6.07, 6.45) is 1.16. The van der Waals surface area contributed by atoms with Crippen LogP contribution in [0.2, 0.25) is 0 Å². The van der Waals surface area contributed by atoms with Crippen LogP contribution in [0.3, 0.4) is 0 Å². The van der Waals surface area contributed by atoms with E-state index in [-0.39, 0.29) is 30.4 Å². The van der Waals surface area contributed by atoms with Crippen molar-refractivity contribution in [2.75, 3.05) is 12.9 Å². The number of nitrogens with zero attached hydrogens (tertiary/aromatic N) is 2. The highest BCUT2D eigenvalue weighted by molar-refractivity contribution is 7.90. The summed E-state index contributed by atoms with van der Waals surface area (Å²) in [5, 5.41) is 0. The Morgan fingerprint density at radius 3 is 2.45 bits per heavy atom. The van der Waals surface area contributed by atoms with E-state index in [4.69, 9.17) is 4.74 Å². The second kappa shape index (κ2) is 8.71. The number of hydrogen-bond donors (Lipinski definition) is 0. The molecule has 0 radical (unpaired) electrons. The summed E-state index contributed by atoms with van der Waals surface area (Å²) < 4.78 is 30.7. The van der Waals surface area contributed by atoms with Gasteiger partial charge in [-0.1, -0.05) is 35.6 Å². The summed E-state index contributed by atoms with van der Waals surface area (Å²) in [6.45, 7) is 1.97. The Balaban J connectivity index is 1.90. The molecule has 1 aromatic heterocycles. The summed E-state index contributed by atoms with van der Waals surface area (Å²) in [5.74, 6) is -0.789. The van der Waals surface area contributed by atoms with Gasteiger partial charge in [0.2, 0.25) is 0 Å². The van der Waals surface area contributed by atoms with E-state index < -0.39 is 15.8 Å². The molecule has 9 heteroatoms. The number of benzene rings is 2. The van der Waals surface area contributed by atoms with E-state index >= 15 is 0 Å². The monoisotopic (exact) mass is 432 g/mol. The summed E-state index contributed by atoms with van der Waals surface area (Å²) in [4.78, 5) is 29.3. The van der Waals surface area contributed by atoms with E-state index in [2.05, 4.69) is 4.99 Å². The number of para-hydroxylation sites is 1. The first kappa shape index (κ1) is 20.9. The van der Waals surface area contributed by atoms with Crippen LogP contribution in [0, 0.1) is 0 Å². The number of hydrogen-bond acceptors (Lipinski definition) is 6. The Morgan fingerprint density at radius 2 is 1.79 bits per heavy atom. The van der Waals surface area contributed by atoms with Crippen molar-refractivity contribution in [1.29, 1.82) is 0 Å². The van der Waals surface area contributed by atoms with E-state index in [1.807, 2.05) is 24.3 Å². The van der Waals surface area contributed by atoms with Crippen molar-refractivity contribution < 1.29 is 22.7 Å². The lowest BCUT2D eigenvalue weighted by Crippen LogP contribution is -2.23. The minimum absolute atomic E-state index is 0.0255. The highest BCUT2D eigenvalue weighted by Crippen LogP contribution is 2.17. The standard InChI is InChI=1S/C20H20N2O5S2/c1-3-27-19(24)13-22-16-6-4-5-7-17(16)28-20(22)21-18(23)12-14-8-10-15(11-9-14)29(2,25)26/h4-11H,3,12-13H2,1-2H3. The minimum Gasteiger partial charge on any atom is -0.465 e. The molecule has 0 atom stereocenters. The quantitative estimate of drug-likeness (QED) is 0.557. The Labute approximate surface area is 172 Å². The summed E-state index contributed by atoms with van der Waals surface area (Å²) in [5.41, 5.74) is 1.46. The zero-order valence-corrected chi connectivity index (χ0v) is 17.6. The van der Waals surface area contributed by atoms with Crippen LogP contribution in [0.15, 0.2) is 58.4 Å². The molecule has 0 bridgehead atoms. The normalized spacial score (nSPS) is 12.3. The van der Waals surface area contributed by atoms with Gasteiger partial charge in [0, 0.05) is 6.26 Å². The molecule has 2 aromatic carbocycles. The molecule has 0 saturated heterocycles. The Bertz CT molecular complexity index is 1220. The highest BCUT2D eigenvalue weighted by Gasteiger charge is 2.12. The van der Waals surface area contributed by atoms with Crippen molar-refractivity contribution in [3.05, 3.63) is 58.9 Å². The van der Waals surface area contributed by atoms with E-state index in [0.29, 0.717) is 10.4 Å². The van der Waals surface area contributed by atoms with Gasteiger partial charge in [-0.3, -0.25) is 9.59 Å². The first-order valence-corrected chi connectivity index (χ1v) is 11.6. The van der Waals surface area contributed by atoms with Crippen molar-refractivity contribution in [2.45, 2.75) is 24.8 Å². The molecule has 0 aliphatic carbocycles. The van der Waals surface area contributed by atoms with Crippen LogP contribution in [0.1, 0.15) is 12.5 Å². The lowest BCUT2D eigenvalue weighted by molar-refractivity contribution is -0.143. The van der Waals surface area contributed by atoms with Crippen LogP contribution in [-0.2, 0) is 37.1 Å². The predicted octanol–water partition coefficient (Wildman–Crippen LogP) is 2.34. The van der Waals surface area contributed by atoms with E-state index in [1.54, 1.807) is 23.6 Å². The predicted molar refractivity (Wildman–Crippen MR) is 110 cm³/mol. The number of ether oxygens (including phenoxy) is 1. The smallest absolute Gasteiger partial charge is 0.326 e. The average Bonchev–Trinajstić information content (AvgIpc) is 2.98. The SMILES string of the molecule is CCOC(=O)Cn1c(=NC(=O)Cc2ccc(S(C)(=O)=O)cc2)sc2ccccc21. The van der Waals surface area contributed by atoms with Gasteiger partial charge in [-0.25, -0.2) is 8.42 Å². The van der Waals surface area contributed by atoms with Gasteiger partial charge in [0.25, 0.3) is 5.91 Å². The van der Waals surface area contributed by atoms with Crippen LogP contribution in [0.25, 0.3) is 10.2 Å². The van der Waals surface area contributed by atoms with Gasteiger partial charge in [-0.05, 0) is 36.8 Å². The fraction of sp³-hybridized carbons (Fsp3) is 0.250. The van der Waals surface area contributed by atoms with Gasteiger partial charge in [0.15, 0.2) is 14.6 Å². The molecule has 29 heavy (non-hydrogen) atoms. The molecule has 0 fully saturated rings. The molecule has 3 rings (SSSR count). The molecule has 0 unspecified atom stereocenters. The summed E-state index contributed by atoms with van der Waals surface area (Å²) >= 11 is 1.32. The van der Waals surface area contributed by atoms with Crippen LogP contribution in [-0.4, -0.2) is 37.7 Å². The van der Waals surface area contributed by atoms with Crippen molar-refractivity contribution in [3.63, 3.8) is 0 Å². The van der Waals surface area contributed by atoms with Crippen LogP contribution in [0.4, 0.5) is 0 Å². The zero-order valence-electron chi connectivity index (χ0n) is 16.0. The first-order valence-electron chi connectivity index (χ1n) is 8.88. The average molecular weight is 433 g/mol. The fourth-order valence-electron chi connectivity index (χ4n) is 2.77. The maximum Gasteiger partial charge on any atom is 0.326 e. The van der Waals surface area contributed by atoms with Crippen molar-refractivity contribution in [2.24, 2.45) is 4.99 Å². The van der Waals surface area contributed by atoms with Crippen molar-refractivity contribution in [1.82, 2.24) is 4.57 Å².